The second kappa shape index (κ2) is 7.36. The number of amides is 2. The number of hydrogen-bond acceptors (Lipinski definition) is 5. The van der Waals surface area contributed by atoms with E-state index in [2.05, 4.69) is 15.4 Å². The number of nitriles is 1. The van der Waals surface area contributed by atoms with Crippen LogP contribution in [-0.4, -0.2) is 37.0 Å². The number of methoxy groups -OCH3 is 1. The second-order valence-corrected chi connectivity index (χ2v) is 4.29. The molecule has 0 aromatic rings. The van der Waals surface area contributed by atoms with Crippen LogP contribution in [0.4, 0.5) is 0 Å². The van der Waals surface area contributed by atoms with Gasteiger partial charge in [0.1, 0.15) is 12.1 Å². The first-order chi connectivity index (χ1) is 9.08. The number of nitrogens with zero attached hydrogens (tertiary/aromatic N) is 1. The molecule has 1 saturated heterocycles. The summed E-state index contributed by atoms with van der Waals surface area (Å²) in [5.74, 6) is -1.10. The summed E-state index contributed by atoms with van der Waals surface area (Å²) < 4.78 is 4.60. The Balaban J connectivity index is 2.51. The number of carbonyl (C=O) groups excluding carboxylic acids is 3. The van der Waals surface area contributed by atoms with E-state index in [1.165, 1.54) is 7.11 Å². The number of ether oxygens (including phenoxy) is 1. The number of esters is 1. The lowest BCUT2D eigenvalue weighted by Gasteiger charge is -2.18. The second-order valence-electron chi connectivity index (χ2n) is 4.29. The van der Waals surface area contributed by atoms with Crippen molar-refractivity contribution in [3.8, 4) is 6.07 Å². The maximum atomic E-state index is 11.9. The zero-order chi connectivity index (χ0) is 14.3. The zero-order valence-corrected chi connectivity index (χ0v) is 10.8. The molecule has 2 N–H and O–H groups in total. The smallest absolute Gasteiger partial charge is 0.328 e. The summed E-state index contributed by atoms with van der Waals surface area (Å²) >= 11 is 0. The highest BCUT2D eigenvalue weighted by molar-refractivity contribution is 5.93. The van der Waals surface area contributed by atoms with E-state index in [0.717, 1.165) is 0 Å². The molecular weight excluding hydrogens is 250 g/mol. The summed E-state index contributed by atoms with van der Waals surface area (Å²) in [6.07, 6.45) is 1.88. The molecule has 2 amide bonds. The number of carbonyl (C=O) groups is 3. The van der Waals surface area contributed by atoms with Crippen molar-refractivity contribution in [3.05, 3.63) is 0 Å². The summed E-state index contributed by atoms with van der Waals surface area (Å²) in [5, 5.41) is 13.5. The van der Waals surface area contributed by atoms with Crippen LogP contribution in [0.5, 0.6) is 0 Å². The van der Waals surface area contributed by atoms with Crippen molar-refractivity contribution in [1.29, 1.82) is 5.26 Å². The average molecular weight is 267 g/mol. The molecule has 1 rings (SSSR count). The van der Waals surface area contributed by atoms with Gasteiger partial charge in [-0.25, -0.2) is 4.79 Å². The number of rotatable bonds is 6. The van der Waals surface area contributed by atoms with Crippen molar-refractivity contribution < 1.29 is 19.1 Å². The zero-order valence-electron chi connectivity index (χ0n) is 10.8. The molecule has 1 aliphatic rings. The van der Waals surface area contributed by atoms with Crippen LogP contribution in [0.2, 0.25) is 0 Å². The lowest BCUT2D eigenvalue weighted by atomic mass is 10.1. The van der Waals surface area contributed by atoms with Crippen LogP contribution in [0.15, 0.2) is 0 Å². The maximum absolute atomic E-state index is 11.9. The lowest BCUT2D eigenvalue weighted by molar-refractivity contribution is -0.145. The third kappa shape index (κ3) is 4.58. The van der Waals surface area contributed by atoms with Gasteiger partial charge in [-0.1, -0.05) is 0 Å². The molecule has 0 saturated carbocycles. The maximum Gasteiger partial charge on any atom is 0.328 e. The monoisotopic (exact) mass is 267 g/mol. The highest BCUT2D eigenvalue weighted by Gasteiger charge is 2.30. The van der Waals surface area contributed by atoms with E-state index in [0.29, 0.717) is 32.1 Å². The van der Waals surface area contributed by atoms with E-state index in [4.69, 9.17) is 5.26 Å². The van der Waals surface area contributed by atoms with E-state index < -0.39 is 24.0 Å². The SMILES string of the molecule is COC(=O)[C@H](CCCC#N)NC(=O)[C@H]1CCC(=O)N1. The fraction of sp³-hybridized carbons (Fsp3) is 0.667. The van der Waals surface area contributed by atoms with Crippen LogP contribution in [0.3, 0.4) is 0 Å². The van der Waals surface area contributed by atoms with Crippen molar-refractivity contribution in [1.82, 2.24) is 10.6 Å². The first-order valence-corrected chi connectivity index (χ1v) is 6.13. The third-order valence-electron chi connectivity index (χ3n) is 2.90. The van der Waals surface area contributed by atoms with Gasteiger partial charge < -0.3 is 15.4 Å². The van der Waals surface area contributed by atoms with Gasteiger partial charge in [-0.2, -0.15) is 5.26 Å². The highest BCUT2D eigenvalue weighted by atomic mass is 16.5. The van der Waals surface area contributed by atoms with Crippen molar-refractivity contribution >= 4 is 17.8 Å². The van der Waals surface area contributed by atoms with Gasteiger partial charge in [0.2, 0.25) is 11.8 Å². The predicted octanol–water partition coefficient (Wildman–Crippen LogP) is -0.383. The van der Waals surface area contributed by atoms with Crippen molar-refractivity contribution in [2.75, 3.05) is 7.11 Å². The molecule has 7 nitrogen and oxygen atoms in total. The molecule has 2 atom stereocenters. The Bertz CT molecular complexity index is 402. The lowest BCUT2D eigenvalue weighted by Crippen LogP contribution is -2.49. The van der Waals surface area contributed by atoms with Gasteiger partial charge >= 0.3 is 5.97 Å². The minimum atomic E-state index is -0.775. The minimum Gasteiger partial charge on any atom is -0.467 e. The molecule has 1 fully saturated rings. The van der Waals surface area contributed by atoms with Crippen LogP contribution in [-0.2, 0) is 19.1 Å². The van der Waals surface area contributed by atoms with E-state index >= 15 is 0 Å². The van der Waals surface area contributed by atoms with Crippen molar-refractivity contribution in [2.24, 2.45) is 0 Å². The molecule has 1 heterocycles. The molecule has 0 aromatic carbocycles. The van der Waals surface area contributed by atoms with Gasteiger partial charge in [0.05, 0.1) is 13.2 Å². The summed E-state index contributed by atoms with van der Waals surface area (Å²) in [7, 11) is 1.24. The fourth-order valence-electron chi connectivity index (χ4n) is 1.86. The molecule has 19 heavy (non-hydrogen) atoms. The van der Waals surface area contributed by atoms with Crippen LogP contribution in [0, 0.1) is 11.3 Å². The Kier molecular flexibility index (Phi) is 5.79. The molecule has 0 unspecified atom stereocenters. The normalized spacial score (nSPS) is 19.2. The molecular formula is C12H17N3O4. The van der Waals surface area contributed by atoms with Crippen LogP contribution in [0.1, 0.15) is 32.1 Å². The molecule has 0 aliphatic carbocycles. The Labute approximate surface area is 111 Å². The summed E-state index contributed by atoms with van der Waals surface area (Å²) in [4.78, 5) is 34.4. The van der Waals surface area contributed by atoms with Crippen LogP contribution < -0.4 is 10.6 Å². The van der Waals surface area contributed by atoms with E-state index in [1.807, 2.05) is 6.07 Å². The summed E-state index contributed by atoms with van der Waals surface area (Å²) in [6.45, 7) is 0. The molecule has 0 spiro atoms. The molecule has 0 aromatic heterocycles. The van der Waals surface area contributed by atoms with Crippen LogP contribution in [0.25, 0.3) is 0 Å². The average Bonchev–Trinajstić information content (AvgIpc) is 2.83. The molecule has 0 bridgehead atoms. The topological polar surface area (TPSA) is 108 Å². The Morgan fingerprint density at radius 1 is 1.63 bits per heavy atom. The first-order valence-electron chi connectivity index (χ1n) is 6.13. The number of unbranched alkanes of at least 4 members (excludes halogenated alkanes) is 1. The van der Waals surface area contributed by atoms with Gasteiger partial charge in [0, 0.05) is 12.8 Å². The number of hydrogen-bond donors (Lipinski definition) is 2. The number of nitrogens with one attached hydrogen (secondary N) is 2. The third-order valence-corrected chi connectivity index (χ3v) is 2.90. The van der Waals surface area contributed by atoms with Gasteiger partial charge in [0.25, 0.3) is 0 Å². The van der Waals surface area contributed by atoms with Crippen molar-refractivity contribution in [2.45, 2.75) is 44.2 Å². The van der Waals surface area contributed by atoms with E-state index in [-0.39, 0.29) is 5.91 Å². The molecule has 7 heteroatoms. The standard InChI is InChI=1S/C12H17N3O4/c1-19-12(18)9(4-2-3-7-13)15-11(17)8-5-6-10(16)14-8/h8-9H,2-6H2,1H3,(H,14,16)(H,15,17)/t8-,9+/m1/s1. The fourth-order valence-corrected chi connectivity index (χ4v) is 1.86. The quantitative estimate of drug-likeness (QED) is 0.503. The molecule has 1 aliphatic heterocycles. The van der Waals surface area contributed by atoms with E-state index in [9.17, 15) is 14.4 Å². The molecule has 104 valence electrons. The Morgan fingerprint density at radius 3 is 2.89 bits per heavy atom. The first kappa shape index (κ1) is 15.0. The largest absolute Gasteiger partial charge is 0.467 e. The Hall–Kier alpha value is -2.10. The summed E-state index contributed by atoms with van der Waals surface area (Å²) in [6, 6.07) is 0.610. The van der Waals surface area contributed by atoms with Gasteiger partial charge in [-0.05, 0) is 19.3 Å². The minimum absolute atomic E-state index is 0.167. The van der Waals surface area contributed by atoms with Gasteiger partial charge in [-0.3, -0.25) is 9.59 Å². The van der Waals surface area contributed by atoms with E-state index in [1.54, 1.807) is 0 Å². The predicted molar refractivity (Wildman–Crippen MR) is 64.6 cm³/mol. The summed E-state index contributed by atoms with van der Waals surface area (Å²) in [5.41, 5.74) is 0. The molecule has 0 radical (unpaired) electrons. The highest BCUT2D eigenvalue weighted by Crippen LogP contribution is 2.08. The Morgan fingerprint density at radius 2 is 2.37 bits per heavy atom. The van der Waals surface area contributed by atoms with Crippen LogP contribution >= 0.6 is 0 Å². The van der Waals surface area contributed by atoms with Gasteiger partial charge in [0.15, 0.2) is 0 Å². The van der Waals surface area contributed by atoms with Gasteiger partial charge in [-0.15, -0.1) is 0 Å². The van der Waals surface area contributed by atoms with Crippen molar-refractivity contribution in [3.63, 3.8) is 0 Å².